The molecule has 2 saturated heterocycles. The molecule has 5 amide bonds. The standard InChI is InChI=1S/C20H32N2O.C18H31N3O.C18H34N2O2.C18H30N2O.C18H33N.C16H31NO.C15H31NOS/c1-15(2)20(19(3,4)5)10-8-17(9-11-20)22-18(23)13-16-7-6-12-21-14-16;1-13(2)18(17(3,4)5)9-7-15(8-10-18)20-16(22)14-11-19-21(6)12-14;1-14(2)18(17(3,4)5)8-6-15(7-9-18)19-16(21)20-10-12-22-13-11-20;1-13(2)18(17(3,4)5)9-6-15(7-10-18)20-16(21)14-8-11-19-12-14;1-14(2)18(17(4,5)6)11-9-16(10-12-18)19-13-7-8-15(19)3;1-12(2)16(15(4,5)6)10-8-14(9-11-16)17-13(3)18-7;1-12(2)15(14(3,4)5)10-8-13(9-11-15)16-18(6,7)17/h6-7,12,14-15,17H,8-11,13H2,1-5H3,(H,22,23);11-13,15H,7-10H2,1-6H3,(H,20,22);14-15H,6-13H2,1-5H3,(H,19,21);8,12-13,15H,6-7,9-11H2,1-5H3,(H,20,21);14,16H,3,7-13H2,1-2,4-6H3;12,14,17H,3,8-11H2,1-2,4-7H3;12-13H,6,8-11H2,1-5,7H3,(H,16,17). The van der Waals surface area contributed by atoms with Gasteiger partial charge in [0.15, 0.2) is 5.88 Å². The van der Waals surface area contributed by atoms with Gasteiger partial charge in [0.25, 0.3) is 11.8 Å². The fourth-order valence-electron chi connectivity index (χ4n) is 29.8. The first-order valence-corrected chi connectivity index (χ1v) is 59.2. The van der Waals surface area contributed by atoms with Crippen LogP contribution in [0.3, 0.4) is 0 Å². The van der Waals surface area contributed by atoms with Crippen LogP contribution in [0.4, 0.5) is 4.79 Å². The van der Waals surface area contributed by atoms with Crippen molar-refractivity contribution in [2.45, 2.75) is 484 Å². The first-order valence-electron chi connectivity index (χ1n) is 57.1. The normalized spacial score (nSPS) is 29.4. The van der Waals surface area contributed by atoms with Crippen LogP contribution in [-0.2, 0) is 42.2 Å². The molecule has 19 nitrogen and oxygen atoms in total. The molecule has 7 saturated carbocycles. The number of carbonyl (C=O) groups is 4. The Labute approximate surface area is 878 Å². The van der Waals surface area contributed by atoms with Crippen molar-refractivity contribution in [3.63, 3.8) is 0 Å². The summed E-state index contributed by atoms with van der Waals surface area (Å²) in [6.07, 6.45) is 48.7. The van der Waals surface area contributed by atoms with Crippen molar-refractivity contribution in [1.29, 1.82) is 0 Å². The number of methoxy groups -OCH3 is 1. The Hall–Kier alpha value is -5.73. The molecule has 12 rings (SSSR count). The van der Waals surface area contributed by atoms with E-state index in [2.05, 4.69) is 313 Å². The highest BCUT2D eigenvalue weighted by Crippen LogP contribution is 2.62. The maximum absolute atomic E-state index is 12.3. The first kappa shape index (κ1) is 126. The number of likely N-dealkylation sites (tertiary alicyclic amines) is 1. The molecule has 143 heavy (non-hydrogen) atoms. The zero-order valence-electron chi connectivity index (χ0n) is 99.4. The average Bonchev–Trinajstić information content (AvgIpc) is 1.01. The number of rotatable bonds is 21. The lowest BCUT2D eigenvalue weighted by Crippen LogP contribution is -2.52. The third-order valence-electron chi connectivity index (χ3n) is 39.7. The van der Waals surface area contributed by atoms with Gasteiger partial charge >= 0.3 is 6.03 Å². The zero-order valence-corrected chi connectivity index (χ0v) is 100. The quantitative estimate of drug-likeness (QED) is 0.0509. The summed E-state index contributed by atoms with van der Waals surface area (Å²) in [5.41, 5.74) is 9.13. The number of hydrogen-bond acceptors (Lipinski definition) is 12. The second kappa shape index (κ2) is 52.3. The third kappa shape index (κ3) is 33.1. The number of hydrogen-bond donors (Lipinski definition) is 6. The number of nitrogens with one attached hydrogen (secondary N) is 6. The topological polar surface area (TPSA) is 226 Å². The molecule has 1 atom stereocenters. The smallest absolute Gasteiger partial charge is 0.317 e. The predicted molar refractivity (Wildman–Crippen MR) is 609 cm³/mol. The summed E-state index contributed by atoms with van der Waals surface area (Å²) in [6.45, 7) is 96.0. The Kier molecular flexibility index (Phi) is 46.1. The summed E-state index contributed by atoms with van der Waals surface area (Å²) >= 11 is 0. The van der Waals surface area contributed by atoms with Crippen molar-refractivity contribution in [2.75, 3.05) is 52.8 Å². The van der Waals surface area contributed by atoms with E-state index in [0.717, 1.165) is 106 Å². The summed E-state index contributed by atoms with van der Waals surface area (Å²) < 4.78 is 27.0. The van der Waals surface area contributed by atoms with Gasteiger partial charge in [-0.15, -0.1) is 0 Å². The molecule has 822 valence electrons. The molecular weight excluding hydrogens is 1790 g/mol. The highest BCUT2D eigenvalue weighted by Gasteiger charge is 2.54. The fraction of sp³-hybridized carbons (Fsp3) is 0.837. The molecule has 2 aromatic heterocycles. The van der Waals surface area contributed by atoms with Crippen LogP contribution >= 0.6 is 0 Å². The Balaban J connectivity index is 0.000000256. The van der Waals surface area contributed by atoms with Crippen molar-refractivity contribution in [2.24, 2.45) is 129 Å². The Bertz CT molecular complexity index is 4380. The monoisotopic (exact) mass is 2010 g/mol. The Morgan fingerprint density at radius 2 is 0.797 bits per heavy atom. The van der Waals surface area contributed by atoms with E-state index in [9.17, 15) is 23.4 Å². The van der Waals surface area contributed by atoms with Crippen molar-refractivity contribution in [3.8, 4) is 0 Å². The molecule has 5 heterocycles. The Morgan fingerprint density at radius 1 is 0.469 bits per heavy atom. The molecule has 7 aliphatic carbocycles. The van der Waals surface area contributed by atoms with E-state index < -0.39 is 9.71 Å². The molecule has 9 fully saturated rings. The first-order chi connectivity index (χ1) is 65.9. The second-order valence-electron chi connectivity index (χ2n) is 55.7. The summed E-state index contributed by atoms with van der Waals surface area (Å²) in [4.78, 5) is 61.6. The molecule has 0 bridgehead atoms. The number of aliphatic imine (C=N–C) groups is 1. The maximum Gasteiger partial charge on any atom is 0.317 e. The summed E-state index contributed by atoms with van der Waals surface area (Å²) in [5, 5.41) is 20.3. The van der Waals surface area contributed by atoms with Gasteiger partial charge in [-0.3, -0.25) is 33.3 Å². The van der Waals surface area contributed by atoms with Crippen LogP contribution in [0.1, 0.15) is 451 Å². The van der Waals surface area contributed by atoms with E-state index >= 15 is 0 Å². The van der Waals surface area contributed by atoms with Gasteiger partial charge in [0.05, 0.1) is 50.6 Å². The molecular formula is C123H222N12O7S. The van der Waals surface area contributed by atoms with Crippen molar-refractivity contribution >= 4 is 45.5 Å². The van der Waals surface area contributed by atoms with E-state index in [1.54, 1.807) is 49.0 Å². The zero-order chi connectivity index (χ0) is 108. The van der Waals surface area contributed by atoms with Gasteiger partial charge in [0.1, 0.15) is 0 Å². The van der Waals surface area contributed by atoms with Gasteiger partial charge in [0.2, 0.25) is 5.91 Å². The highest BCUT2D eigenvalue weighted by atomic mass is 32.2. The molecule has 3 aliphatic heterocycles. The number of allylic oxidation sites excluding steroid dienone is 1. The summed E-state index contributed by atoms with van der Waals surface area (Å²) in [5.74, 6) is 9.51. The second-order valence-corrected chi connectivity index (χ2v) is 58.0. The molecule has 1 unspecified atom stereocenters. The number of amides is 5. The molecule has 0 aromatic carbocycles. The van der Waals surface area contributed by atoms with Crippen LogP contribution in [0.2, 0.25) is 0 Å². The number of ether oxygens (including phenoxy) is 2. The number of urea groups is 1. The lowest BCUT2D eigenvalue weighted by Gasteiger charge is -2.53. The van der Waals surface area contributed by atoms with Crippen LogP contribution in [0.25, 0.3) is 0 Å². The number of pyridine rings is 1. The predicted octanol–water partition coefficient (Wildman–Crippen LogP) is 28.6. The average molecular weight is 2010 g/mol. The molecule has 0 spiro atoms. The van der Waals surface area contributed by atoms with Crippen molar-refractivity contribution < 1.29 is 32.9 Å². The van der Waals surface area contributed by atoms with Gasteiger partial charge in [-0.2, -0.15) is 5.10 Å². The van der Waals surface area contributed by atoms with Gasteiger partial charge < -0.3 is 45.9 Å². The van der Waals surface area contributed by atoms with Crippen LogP contribution in [0.5, 0.6) is 0 Å². The van der Waals surface area contributed by atoms with Gasteiger partial charge in [-0.05, 0) is 340 Å². The molecule has 6 N–H and O–H groups in total. The van der Waals surface area contributed by atoms with Gasteiger partial charge in [0, 0.05) is 115 Å². The van der Waals surface area contributed by atoms with Crippen LogP contribution in [-0.4, -0.2) is 160 Å². The number of morpholine rings is 1. The fourth-order valence-corrected chi connectivity index (χ4v) is 30.8. The van der Waals surface area contributed by atoms with Crippen LogP contribution in [0, 0.1) is 117 Å². The van der Waals surface area contributed by atoms with Crippen LogP contribution < -0.4 is 31.3 Å². The number of carbonyl (C=O) groups excluding carboxylic acids is 4. The van der Waals surface area contributed by atoms with Crippen molar-refractivity contribution in [1.82, 2.24) is 55.9 Å². The maximum atomic E-state index is 12.3. The summed E-state index contributed by atoms with van der Waals surface area (Å²) in [7, 11) is 1.44. The van der Waals surface area contributed by atoms with E-state index in [0.29, 0.717) is 179 Å². The molecule has 10 aliphatic rings. The van der Waals surface area contributed by atoms with Gasteiger partial charge in [-0.25, -0.2) is 9.52 Å². The molecule has 0 radical (unpaired) electrons. The summed E-state index contributed by atoms with van der Waals surface area (Å²) in [6, 6.07) is 6.91. The lowest BCUT2D eigenvalue weighted by atomic mass is 9.54. The van der Waals surface area contributed by atoms with E-state index in [-0.39, 0.29) is 23.8 Å². The highest BCUT2D eigenvalue weighted by molar-refractivity contribution is 7.97. The van der Waals surface area contributed by atoms with E-state index in [1.807, 2.05) is 30.2 Å². The van der Waals surface area contributed by atoms with Crippen LogP contribution in [0.15, 0.2) is 78.3 Å². The lowest BCUT2D eigenvalue weighted by molar-refractivity contribution is -0.122. The number of aromatic nitrogens is 3. The van der Waals surface area contributed by atoms with Crippen molar-refractivity contribution in [3.05, 3.63) is 84.4 Å². The minimum Gasteiger partial charge on any atom is -0.483 e. The minimum atomic E-state index is -2.07. The van der Waals surface area contributed by atoms with Gasteiger partial charge in [-0.1, -0.05) is 255 Å². The third-order valence-corrected chi connectivity index (χ3v) is 40.5. The molecule has 20 heteroatoms. The Morgan fingerprint density at radius 3 is 1.08 bits per heavy atom. The molecule has 2 aromatic rings. The largest absolute Gasteiger partial charge is 0.483 e. The number of aryl methyl sites for hydroxylation is 1. The van der Waals surface area contributed by atoms with E-state index in [4.69, 9.17) is 9.47 Å². The SMILES string of the molecule is C=C(NC1CCC(C(C)C)(C(C)(C)C)CC1)OC.C=C1CCCN1C1CCC(C(C)C)(C(C)(C)C)CC1.C=S(C)(=O)NC1CCC(C(C)C)(C(C)(C)C)CC1.CC(C)C1(C(C)(C)C)CCC(NC(=O)C2=CCN=C2)CC1.CC(C)C1(C(C)(C)C)CCC(NC(=O)Cc2cccnc2)CC1.CC(C)C1(C(C)(C)C)CCC(NC(=O)N2CCOCC2)CC1.CC(C)C1(C(C)(C)C)CCC(NC(=O)c2cnn(C)c2)CC1. The number of nitrogens with zero attached hydrogens (tertiary/aromatic N) is 6. The van der Waals surface area contributed by atoms with E-state index in [1.165, 1.54) is 141 Å². The minimum absolute atomic E-state index is 0.00547.